The highest BCUT2D eigenvalue weighted by atomic mass is 16.4. The number of nitrogens with zero attached hydrogens (tertiary/aromatic N) is 3. The van der Waals surface area contributed by atoms with Gasteiger partial charge in [0.25, 0.3) is 0 Å². The van der Waals surface area contributed by atoms with Crippen molar-refractivity contribution in [1.82, 2.24) is 14.5 Å². The molecule has 0 aliphatic heterocycles. The summed E-state index contributed by atoms with van der Waals surface area (Å²) in [6.45, 7) is 10.5. The molecule has 1 aromatic carbocycles. The summed E-state index contributed by atoms with van der Waals surface area (Å²) in [5.41, 5.74) is 1.70. The Balaban J connectivity index is 2.24. The van der Waals surface area contributed by atoms with Crippen LogP contribution in [0.2, 0.25) is 0 Å². The van der Waals surface area contributed by atoms with Crippen LogP contribution >= 0.6 is 0 Å². The van der Waals surface area contributed by atoms with E-state index in [1.165, 1.54) is 0 Å². The van der Waals surface area contributed by atoms with Gasteiger partial charge in [-0.25, -0.2) is 9.78 Å². The van der Waals surface area contributed by atoms with Crippen molar-refractivity contribution >= 4 is 17.0 Å². The second kappa shape index (κ2) is 6.26. The molecule has 5 heteroatoms. The number of hydrogen-bond donors (Lipinski definition) is 1. The number of aromatic carboxylic acids is 1. The van der Waals surface area contributed by atoms with E-state index >= 15 is 0 Å². The number of carbonyl (C=O) groups is 1. The molecular formula is C16H23N3O2. The summed E-state index contributed by atoms with van der Waals surface area (Å²) in [6.07, 6.45) is 1.73. The molecule has 1 N–H and O–H groups in total. The van der Waals surface area contributed by atoms with E-state index in [1.807, 2.05) is 10.6 Å². The second-order valence-electron chi connectivity index (χ2n) is 5.84. The van der Waals surface area contributed by atoms with Gasteiger partial charge in [0.05, 0.1) is 17.4 Å². The highest BCUT2D eigenvalue weighted by Crippen LogP contribution is 2.18. The lowest BCUT2D eigenvalue weighted by atomic mass is 10.2. The Hall–Kier alpha value is -1.88. The Morgan fingerprint density at radius 2 is 1.95 bits per heavy atom. The van der Waals surface area contributed by atoms with Crippen molar-refractivity contribution in [3.8, 4) is 0 Å². The summed E-state index contributed by atoms with van der Waals surface area (Å²) < 4.78 is 2.03. The van der Waals surface area contributed by atoms with Crippen molar-refractivity contribution in [2.24, 2.45) is 0 Å². The molecule has 0 aliphatic carbocycles. The van der Waals surface area contributed by atoms with Crippen LogP contribution in [0.1, 0.15) is 38.1 Å². The zero-order valence-electron chi connectivity index (χ0n) is 13.1. The smallest absolute Gasteiger partial charge is 0.337 e. The molecule has 21 heavy (non-hydrogen) atoms. The van der Waals surface area contributed by atoms with Gasteiger partial charge in [-0.3, -0.25) is 4.90 Å². The molecule has 0 radical (unpaired) electrons. The van der Waals surface area contributed by atoms with Crippen LogP contribution in [-0.4, -0.2) is 44.2 Å². The summed E-state index contributed by atoms with van der Waals surface area (Å²) in [5, 5.41) is 9.20. The molecule has 1 aromatic heterocycles. The first kappa shape index (κ1) is 15.5. The number of fused-ring (bicyclic) bond motifs is 1. The minimum absolute atomic E-state index is 0.260. The first-order valence-electron chi connectivity index (χ1n) is 7.34. The maximum atomic E-state index is 11.2. The number of carboxylic acid groups (broad SMARTS) is 1. The molecule has 0 aliphatic rings. The van der Waals surface area contributed by atoms with Gasteiger partial charge in [-0.2, -0.15) is 0 Å². The highest BCUT2D eigenvalue weighted by Gasteiger charge is 2.15. The van der Waals surface area contributed by atoms with Crippen LogP contribution in [0.5, 0.6) is 0 Å². The van der Waals surface area contributed by atoms with Crippen LogP contribution in [0.4, 0.5) is 0 Å². The zero-order chi connectivity index (χ0) is 15.6. The van der Waals surface area contributed by atoms with Crippen LogP contribution in [0.25, 0.3) is 11.0 Å². The van der Waals surface area contributed by atoms with Gasteiger partial charge in [0.2, 0.25) is 0 Å². The van der Waals surface area contributed by atoms with Crippen molar-refractivity contribution < 1.29 is 9.90 Å². The monoisotopic (exact) mass is 289 g/mol. The van der Waals surface area contributed by atoms with Crippen molar-refractivity contribution in [3.05, 3.63) is 30.1 Å². The van der Waals surface area contributed by atoms with E-state index in [-0.39, 0.29) is 5.56 Å². The predicted molar refractivity (Wildman–Crippen MR) is 83.7 cm³/mol. The van der Waals surface area contributed by atoms with Gasteiger partial charge in [-0.1, -0.05) is 6.07 Å². The number of hydrogen-bond acceptors (Lipinski definition) is 3. The normalized spacial score (nSPS) is 12.0. The van der Waals surface area contributed by atoms with E-state index in [9.17, 15) is 9.90 Å². The minimum Gasteiger partial charge on any atom is -0.478 e. The molecule has 0 spiro atoms. The third-order valence-electron chi connectivity index (χ3n) is 3.81. The highest BCUT2D eigenvalue weighted by molar-refractivity contribution is 6.00. The van der Waals surface area contributed by atoms with E-state index in [4.69, 9.17) is 0 Å². The summed E-state index contributed by atoms with van der Waals surface area (Å²) in [5.74, 6) is -0.933. The molecule has 0 unspecified atom stereocenters. The molecule has 0 saturated carbocycles. The molecule has 0 bridgehead atoms. The molecule has 2 aromatic rings. The molecule has 0 amide bonds. The molecule has 1 heterocycles. The zero-order valence-corrected chi connectivity index (χ0v) is 13.1. The van der Waals surface area contributed by atoms with Gasteiger partial charge in [0.15, 0.2) is 0 Å². The lowest BCUT2D eigenvalue weighted by molar-refractivity contribution is 0.0699. The van der Waals surface area contributed by atoms with E-state index in [0.29, 0.717) is 17.6 Å². The molecule has 0 saturated heterocycles. The maximum Gasteiger partial charge on any atom is 0.337 e. The van der Waals surface area contributed by atoms with Gasteiger partial charge >= 0.3 is 5.97 Å². The Bertz CT molecular complexity index is 623. The summed E-state index contributed by atoms with van der Waals surface area (Å²) >= 11 is 0. The van der Waals surface area contributed by atoms with E-state index in [2.05, 4.69) is 37.6 Å². The largest absolute Gasteiger partial charge is 0.478 e. The number of benzene rings is 1. The average molecular weight is 289 g/mol. The average Bonchev–Trinajstić information content (AvgIpc) is 2.81. The van der Waals surface area contributed by atoms with Gasteiger partial charge in [-0.05, 0) is 39.8 Å². The number of rotatable bonds is 6. The van der Waals surface area contributed by atoms with Crippen LogP contribution in [-0.2, 0) is 6.54 Å². The van der Waals surface area contributed by atoms with Gasteiger partial charge in [0, 0.05) is 25.2 Å². The number of para-hydroxylation sites is 1. The summed E-state index contributed by atoms with van der Waals surface area (Å²) in [7, 11) is 0. The fraction of sp³-hybridized carbons (Fsp3) is 0.500. The van der Waals surface area contributed by atoms with Crippen molar-refractivity contribution in [2.75, 3.05) is 6.54 Å². The molecule has 2 rings (SSSR count). The third kappa shape index (κ3) is 3.24. The first-order valence-corrected chi connectivity index (χ1v) is 7.34. The summed E-state index contributed by atoms with van der Waals surface area (Å²) in [4.78, 5) is 17.9. The van der Waals surface area contributed by atoms with Crippen molar-refractivity contribution in [3.63, 3.8) is 0 Å². The number of imidazole rings is 1. The van der Waals surface area contributed by atoms with Gasteiger partial charge < -0.3 is 9.67 Å². The molecule has 5 nitrogen and oxygen atoms in total. The standard InChI is InChI=1S/C16H23N3O2/c1-11(2)19(12(3)4)9-8-18-10-17-15-13(16(20)21)6-5-7-14(15)18/h5-7,10-12H,8-9H2,1-4H3,(H,20,21). The maximum absolute atomic E-state index is 11.2. The lowest BCUT2D eigenvalue weighted by Gasteiger charge is -2.30. The SMILES string of the molecule is CC(C)N(CCn1cnc2c(C(=O)O)cccc21)C(C)C. The Morgan fingerprint density at radius 1 is 1.29 bits per heavy atom. The molecule has 0 fully saturated rings. The van der Waals surface area contributed by atoms with Gasteiger partial charge in [-0.15, -0.1) is 0 Å². The van der Waals surface area contributed by atoms with Crippen LogP contribution in [0.3, 0.4) is 0 Å². The van der Waals surface area contributed by atoms with Crippen LogP contribution in [0, 0.1) is 0 Å². The van der Waals surface area contributed by atoms with Crippen LogP contribution in [0.15, 0.2) is 24.5 Å². The van der Waals surface area contributed by atoms with E-state index in [0.717, 1.165) is 18.6 Å². The number of carboxylic acids is 1. The summed E-state index contributed by atoms with van der Waals surface area (Å²) in [6, 6.07) is 6.25. The van der Waals surface area contributed by atoms with Gasteiger partial charge in [0.1, 0.15) is 5.52 Å². The van der Waals surface area contributed by atoms with Crippen LogP contribution < -0.4 is 0 Å². The quantitative estimate of drug-likeness (QED) is 0.888. The Labute approximate surface area is 125 Å². The first-order chi connectivity index (χ1) is 9.91. The number of aromatic nitrogens is 2. The Kier molecular flexibility index (Phi) is 4.63. The Morgan fingerprint density at radius 3 is 2.52 bits per heavy atom. The topological polar surface area (TPSA) is 58.4 Å². The van der Waals surface area contributed by atoms with E-state index in [1.54, 1.807) is 18.5 Å². The predicted octanol–water partition coefficient (Wildman–Crippen LogP) is 2.85. The second-order valence-corrected chi connectivity index (χ2v) is 5.84. The lowest BCUT2D eigenvalue weighted by Crippen LogP contribution is -2.39. The fourth-order valence-corrected chi connectivity index (χ4v) is 2.78. The van der Waals surface area contributed by atoms with E-state index < -0.39 is 5.97 Å². The molecule has 0 atom stereocenters. The third-order valence-corrected chi connectivity index (χ3v) is 3.81. The van der Waals surface area contributed by atoms with Crippen molar-refractivity contribution in [1.29, 1.82) is 0 Å². The van der Waals surface area contributed by atoms with Crippen molar-refractivity contribution in [2.45, 2.75) is 46.3 Å². The fourth-order valence-electron chi connectivity index (χ4n) is 2.78. The molecule has 114 valence electrons. The minimum atomic E-state index is -0.933. The molecular weight excluding hydrogens is 266 g/mol.